The van der Waals surface area contributed by atoms with Gasteiger partial charge in [-0.2, -0.15) is 0 Å². The maximum atomic E-state index is 10.8. The third-order valence-electron chi connectivity index (χ3n) is 9.87. The lowest BCUT2D eigenvalue weighted by molar-refractivity contribution is -0.137. The lowest BCUT2D eigenvalue weighted by Crippen LogP contribution is -2.35. The number of hydrogen-bond donors (Lipinski definition) is 2. The summed E-state index contributed by atoms with van der Waals surface area (Å²) in [4.78, 5) is 10.8. The SMILES string of the molecule is CCCCCCCCC1C(CCCCCC)CCC(CCCCCCCOCO)C1CCCCCCCC(=O)O. The molecular formula is C36H70O4. The fourth-order valence-electron chi connectivity index (χ4n) is 7.56. The summed E-state index contributed by atoms with van der Waals surface area (Å²) in [5.74, 6) is 3.08. The van der Waals surface area contributed by atoms with Crippen LogP contribution >= 0.6 is 0 Å². The first kappa shape index (κ1) is 37.4. The van der Waals surface area contributed by atoms with E-state index in [0.29, 0.717) is 13.0 Å². The Morgan fingerprint density at radius 3 is 1.45 bits per heavy atom. The van der Waals surface area contributed by atoms with Crippen LogP contribution in [0.5, 0.6) is 0 Å². The maximum Gasteiger partial charge on any atom is 0.303 e. The first-order chi connectivity index (χ1) is 19.6. The lowest BCUT2D eigenvalue weighted by atomic mass is 9.61. The second-order valence-electron chi connectivity index (χ2n) is 13.1. The van der Waals surface area contributed by atoms with Gasteiger partial charge in [-0.1, -0.05) is 142 Å². The minimum Gasteiger partial charge on any atom is -0.481 e. The van der Waals surface area contributed by atoms with Gasteiger partial charge >= 0.3 is 5.97 Å². The molecule has 4 unspecified atom stereocenters. The van der Waals surface area contributed by atoms with Gasteiger partial charge < -0.3 is 14.9 Å². The number of carboxylic acid groups (broad SMARTS) is 1. The van der Waals surface area contributed by atoms with Crippen LogP contribution in [-0.4, -0.2) is 29.6 Å². The quantitative estimate of drug-likeness (QED) is 0.0698. The van der Waals surface area contributed by atoms with Crippen LogP contribution < -0.4 is 0 Å². The molecule has 1 aliphatic rings. The minimum atomic E-state index is -0.647. The Morgan fingerprint density at radius 2 is 0.975 bits per heavy atom. The number of hydrogen-bond acceptors (Lipinski definition) is 3. The first-order valence-electron chi connectivity index (χ1n) is 18.0. The Bertz CT molecular complexity index is 551. The molecule has 1 rings (SSSR count). The highest BCUT2D eigenvalue weighted by atomic mass is 16.6. The third kappa shape index (κ3) is 19.5. The van der Waals surface area contributed by atoms with E-state index < -0.39 is 5.97 Å². The number of aliphatic hydroxyl groups excluding tert-OH is 1. The zero-order valence-corrected chi connectivity index (χ0v) is 27.0. The second kappa shape index (κ2) is 27.2. The van der Waals surface area contributed by atoms with Gasteiger partial charge in [0.05, 0.1) is 0 Å². The molecule has 0 saturated heterocycles. The van der Waals surface area contributed by atoms with Crippen molar-refractivity contribution >= 4 is 5.97 Å². The molecule has 0 aromatic heterocycles. The fourth-order valence-corrected chi connectivity index (χ4v) is 7.56. The highest BCUT2D eigenvalue weighted by molar-refractivity contribution is 5.66. The van der Waals surface area contributed by atoms with Crippen molar-refractivity contribution in [3.05, 3.63) is 0 Å². The summed E-state index contributed by atoms with van der Waals surface area (Å²) in [6.07, 6.45) is 35.1. The van der Waals surface area contributed by atoms with E-state index in [1.54, 1.807) is 0 Å². The molecule has 0 heterocycles. The van der Waals surface area contributed by atoms with Gasteiger partial charge in [-0.25, -0.2) is 0 Å². The molecule has 238 valence electrons. The highest BCUT2D eigenvalue weighted by Crippen LogP contribution is 2.47. The van der Waals surface area contributed by atoms with Crippen LogP contribution in [0.2, 0.25) is 0 Å². The van der Waals surface area contributed by atoms with Crippen LogP contribution in [0.25, 0.3) is 0 Å². The average molecular weight is 567 g/mol. The summed E-state index contributed by atoms with van der Waals surface area (Å²) < 4.78 is 5.08. The molecule has 1 saturated carbocycles. The van der Waals surface area contributed by atoms with Crippen molar-refractivity contribution in [1.82, 2.24) is 0 Å². The molecule has 0 bridgehead atoms. The minimum absolute atomic E-state index is 0.148. The molecular weight excluding hydrogens is 496 g/mol. The summed E-state index contributed by atoms with van der Waals surface area (Å²) >= 11 is 0. The molecule has 0 aliphatic heterocycles. The standard InChI is InChI=1S/C36H70O4/c1-3-5-7-9-13-19-25-34-32(23-17-8-6-4-2)28-29-33(24-18-12-11-16-22-30-40-31-37)35(34)26-20-14-10-15-21-27-36(38)39/h32-35,37H,3-31H2,1-2H3,(H,38,39). The summed E-state index contributed by atoms with van der Waals surface area (Å²) in [6.45, 7) is 5.18. The summed E-state index contributed by atoms with van der Waals surface area (Å²) in [7, 11) is 0. The zero-order valence-electron chi connectivity index (χ0n) is 27.0. The van der Waals surface area contributed by atoms with Gasteiger partial charge in [0.25, 0.3) is 0 Å². The van der Waals surface area contributed by atoms with Crippen molar-refractivity contribution in [1.29, 1.82) is 0 Å². The summed E-state index contributed by atoms with van der Waals surface area (Å²) in [5, 5.41) is 17.7. The number of aliphatic carboxylic acids is 1. The van der Waals surface area contributed by atoms with Gasteiger partial charge in [-0.3, -0.25) is 4.79 Å². The Hall–Kier alpha value is -0.610. The van der Waals surface area contributed by atoms with Gasteiger partial charge in [0.2, 0.25) is 0 Å². The normalized spacial score (nSPS) is 21.2. The van der Waals surface area contributed by atoms with Crippen LogP contribution in [-0.2, 0) is 9.53 Å². The molecule has 0 radical (unpaired) electrons. The van der Waals surface area contributed by atoms with Crippen LogP contribution in [0.15, 0.2) is 0 Å². The second-order valence-corrected chi connectivity index (χ2v) is 13.1. The Morgan fingerprint density at radius 1 is 0.575 bits per heavy atom. The van der Waals surface area contributed by atoms with E-state index in [2.05, 4.69) is 13.8 Å². The van der Waals surface area contributed by atoms with Gasteiger partial charge in [0.15, 0.2) is 0 Å². The van der Waals surface area contributed by atoms with E-state index in [1.165, 1.54) is 148 Å². The molecule has 0 aromatic rings. The number of aliphatic hydroxyl groups is 1. The maximum absolute atomic E-state index is 10.8. The van der Waals surface area contributed by atoms with Crippen LogP contribution in [0, 0.1) is 23.7 Å². The van der Waals surface area contributed by atoms with Crippen molar-refractivity contribution in [3.8, 4) is 0 Å². The third-order valence-corrected chi connectivity index (χ3v) is 9.87. The Kier molecular flexibility index (Phi) is 25.5. The van der Waals surface area contributed by atoms with Crippen LogP contribution in [0.1, 0.15) is 187 Å². The first-order valence-corrected chi connectivity index (χ1v) is 18.0. The Labute approximate surface area is 249 Å². The average Bonchev–Trinajstić information content (AvgIpc) is 2.95. The largest absolute Gasteiger partial charge is 0.481 e. The number of rotatable bonds is 29. The summed E-state index contributed by atoms with van der Waals surface area (Å²) in [6, 6.07) is 0. The van der Waals surface area contributed by atoms with E-state index in [0.717, 1.165) is 42.9 Å². The predicted octanol–water partition coefficient (Wildman–Crippen LogP) is 11.1. The highest BCUT2D eigenvalue weighted by Gasteiger charge is 2.37. The van der Waals surface area contributed by atoms with Crippen molar-refractivity contribution in [2.75, 3.05) is 13.4 Å². The van der Waals surface area contributed by atoms with E-state index in [1.807, 2.05) is 0 Å². The molecule has 0 spiro atoms. The molecule has 4 nitrogen and oxygen atoms in total. The molecule has 2 N–H and O–H groups in total. The van der Waals surface area contributed by atoms with Crippen LogP contribution in [0.3, 0.4) is 0 Å². The number of ether oxygens (including phenoxy) is 1. The smallest absolute Gasteiger partial charge is 0.303 e. The number of unbranched alkanes of at least 4 members (excludes halogenated alkanes) is 16. The van der Waals surface area contributed by atoms with Gasteiger partial charge in [-0.05, 0) is 62.2 Å². The van der Waals surface area contributed by atoms with Gasteiger partial charge in [-0.15, -0.1) is 0 Å². The lowest BCUT2D eigenvalue weighted by Gasteiger charge is -2.44. The van der Waals surface area contributed by atoms with E-state index in [9.17, 15) is 4.79 Å². The number of carbonyl (C=O) groups is 1. The van der Waals surface area contributed by atoms with Crippen molar-refractivity contribution < 1.29 is 19.7 Å². The molecule has 1 fully saturated rings. The van der Waals surface area contributed by atoms with Crippen molar-refractivity contribution in [2.24, 2.45) is 23.7 Å². The van der Waals surface area contributed by atoms with Crippen molar-refractivity contribution in [2.45, 2.75) is 187 Å². The zero-order chi connectivity index (χ0) is 29.1. The topological polar surface area (TPSA) is 66.8 Å². The van der Waals surface area contributed by atoms with Crippen LogP contribution in [0.4, 0.5) is 0 Å². The van der Waals surface area contributed by atoms with E-state index in [4.69, 9.17) is 14.9 Å². The predicted molar refractivity (Wildman–Crippen MR) is 171 cm³/mol. The van der Waals surface area contributed by atoms with E-state index in [-0.39, 0.29) is 6.79 Å². The van der Waals surface area contributed by atoms with Crippen molar-refractivity contribution in [3.63, 3.8) is 0 Å². The van der Waals surface area contributed by atoms with E-state index >= 15 is 0 Å². The molecule has 0 aromatic carbocycles. The molecule has 4 atom stereocenters. The monoisotopic (exact) mass is 567 g/mol. The van der Waals surface area contributed by atoms with Gasteiger partial charge in [0.1, 0.15) is 6.79 Å². The fraction of sp³-hybridized carbons (Fsp3) is 0.972. The van der Waals surface area contributed by atoms with Gasteiger partial charge in [0, 0.05) is 13.0 Å². The summed E-state index contributed by atoms with van der Waals surface area (Å²) in [5.41, 5.74) is 0. The molecule has 4 heteroatoms. The number of carboxylic acids is 1. The molecule has 0 amide bonds. The molecule has 40 heavy (non-hydrogen) atoms. The molecule has 1 aliphatic carbocycles. The Balaban J connectivity index is 2.69.